The molecule has 0 atom stereocenters. The van der Waals surface area contributed by atoms with Gasteiger partial charge in [-0.2, -0.15) is 0 Å². The van der Waals surface area contributed by atoms with Crippen molar-refractivity contribution in [2.75, 3.05) is 6.16 Å². The fraction of sp³-hybridized carbons (Fsp3) is 1.00. The number of hydrogen-bond donors (Lipinski definition) is 2. The van der Waals surface area contributed by atoms with Crippen molar-refractivity contribution in [2.45, 2.75) is 19.8 Å². The summed E-state index contributed by atoms with van der Waals surface area (Å²) >= 11 is 0. The first-order valence-electron chi connectivity index (χ1n) is 2.61. The Balaban J connectivity index is -0.000000245. The van der Waals surface area contributed by atoms with E-state index in [0.29, 0.717) is 6.42 Å². The molecule has 0 amide bonds. The Hall–Kier alpha value is 1.79. The third-order valence-electron chi connectivity index (χ3n) is 0.803. The summed E-state index contributed by atoms with van der Waals surface area (Å²) in [5.74, 6) is 0. The first-order chi connectivity index (χ1) is 3.56. The molecule has 0 unspecified atom stereocenters. The van der Waals surface area contributed by atoms with Gasteiger partial charge in [-0.25, -0.2) is 0 Å². The van der Waals surface area contributed by atoms with Gasteiger partial charge in [0, 0.05) is 6.16 Å². The van der Waals surface area contributed by atoms with Crippen LogP contribution in [0.4, 0.5) is 0 Å². The molecule has 0 aromatic rings. The molecule has 0 heterocycles. The van der Waals surface area contributed by atoms with E-state index in [1.54, 1.807) is 0 Å². The largest absolute Gasteiger partial charge is 1.00 e. The standard InChI is InChI=1S/C4H11O3P.K.H/c1-2-3-4-8(5,6)7;;/h2-4H2,1H3,(H2,5,6,7);;/q;+1;-1. The third kappa shape index (κ3) is 12.9. The van der Waals surface area contributed by atoms with E-state index in [4.69, 9.17) is 9.79 Å². The fourth-order valence-electron chi connectivity index (χ4n) is 0.364. The van der Waals surface area contributed by atoms with Crippen LogP contribution in [-0.2, 0) is 4.57 Å². The van der Waals surface area contributed by atoms with Crippen molar-refractivity contribution in [3.8, 4) is 0 Å². The van der Waals surface area contributed by atoms with Crippen molar-refractivity contribution >= 4 is 7.60 Å². The van der Waals surface area contributed by atoms with Gasteiger partial charge in [0.15, 0.2) is 0 Å². The van der Waals surface area contributed by atoms with E-state index < -0.39 is 7.60 Å². The minimum absolute atomic E-state index is 0. The molecule has 0 fully saturated rings. The summed E-state index contributed by atoms with van der Waals surface area (Å²) < 4.78 is 10.1. The SMILES string of the molecule is CCCCP(=O)(O)O.[H-].[K+]. The number of rotatable bonds is 3. The van der Waals surface area contributed by atoms with Crippen LogP contribution in [0.3, 0.4) is 0 Å². The fourth-order valence-corrected chi connectivity index (χ4v) is 1.09. The van der Waals surface area contributed by atoms with Crippen molar-refractivity contribution in [3.05, 3.63) is 0 Å². The summed E-state index contributed by atoms with van der Waals surface area (Å²) in [4.78, 5) is 16.5. The van der Waals surface area contributed by atoms with Crippen molar-refractivity contribution in [1.29, 1.82) is 0 Å². The van der Waals surface area contributed by atoms with Gasteiger partial charge in [-0.05, 0) is 6.42 Å². The molecular weight excluding hydrogens is 166 g/mol. The van der Waals surface area contributed by atoms with Crippen molar-refractivity contribution in [2.24, 2.45) is 0 Å². The Morgan fingerprint density at radius 1 is 1.56 bits per heavy atom. The second-order valence-corrected chi connectivity index (χ2v) is 3.52. The second-order valence-electron chi connectivity index (χ2n) is 1.74. The van der Waals surface area contributed by atoms with Gasteiger partial charge in [0.1, 0.15) is 0 Å². The summed E-state index contributed by atoms with van der Waals surface area (Å²) in [6, 6.07) is 0. The van der Waals surface area contributed by atoms with Gasteiger partial charge in [0.05, 0.1) is 0 Å². The molecule has 3 nitrogen and oxygen atoms in total. The van der Waals surface area contributed by atoms with E-state index in [-0.39, 0.29) is 59.0 Å². The summed E-state index contributed by atoms with van der Waals surface area (Å²) in [5, 5.41) is 0. The van der Waals surface area contributed by atoms with Gasteiger partial charge < -0.3 is 11.2 Å². The molecule has 0 spiro atoms. The zero-order valence-electron chi connectivity index (χ0n) is 6.87. The van der Waals surface area contributed by atoms with Crippen LogP contribution in [-0.4, -0.2) is 15.9 Å². The van der Waals surface area contributed by atoms with E-state index in [1.807, 2.05) is 6.92 Å². The average Bonchev–Trinajstić information content (AvgIpc) is 1.59. The molecule has 0 rings (SSSR count). The smallest absolute Gasteiger partial charge is 1.00 e. The van der Waals surface area contributed by atoms with Gasteiger partial charge in [-0.1, -0.05) is 13.3 Å². The van der Waals surface area contributed by atoms with Gasteiger partial charge in [-0.3, -0.25) is 4.57 Å². The third-order valence-corrected chi connectivity index (χ3v) is 1.70. The predicted octanol–water partition coefficient (Wildman–Crippen LogP) is -1.92. The molecule has 2 N–H and O–H groups in total. The normalized spacial score (nSPS) is 10.6. The first-order valence-corrected chi connectivity index (χ1v) is 4.40. The van der Waals surface area contributed by atoms with Crippen LogP contribution in [0.1, 0.15) is 21.2 Å². The van der Waals surface area contributed by atoms with Crippen LogP contribution in [0.5, 0.6) is 0 Å². The Morgan fingerprint density at radius 3 is 2.11 bits per heavy atom. The van der Waals surface area contributed by atoms with Crippen molar-refractivity contribution < 1.29 is 67.2 Å². The summed E-state index contributed by atoms with van der Waals surface area (Å²) in [6.45, 7) is 1.90. The van der Waals surface area contributed by atoms with E-state index in [2.05, 4.69) is 0 Å². The Morgan fingerprint density at radius 2 is 2.00 bits per heavy atom. The van der Waals surface area contributed by atoms with E-state index in [9.17, 15) is 4.57 Å². The second kappa shape index (κ2) is 6.49. The summed E-state index contributed by atoms with van der Waals surface area (Å²) in [6.07, 6.45) is 1.49. The summed E-state index contributed by atoms with van der Waals surface area (Å²) in [7, 11) is -3.68. The molecule has 0 aliphatic rings. The van der Waals surface area contributed by atoms with Gasteiger partial charge in [0.25, 0.3) is 0 Å². The Labute approximate surface area is 99.3 Å². The van der Waals surface area contributed by atoms with Crippen LogP contribution in [0.15, 0.2) is 0 Å². The minimum Gasteiger partial charge on any atom is -1.00 e. The van der Waals surface area contributed by atoms with Crippen LogP contribution in [0.2, 0.25) is 0 Å². The van der Waals surface area contributed by atoms with E-state index >= 15 is 0 Å². The molecule has 0 aliphatic carbocycles. The molecule has 0 aromatic carbocycles. The number of hydrogen-bond acceptors (Lipinski definition) is 1. The molecule has 9 heavy (non-hydrogen) atoms. The zero-order chi connectivity index (χ0) is 6.62. The molecule has 0 radical (unpaired) electrons. The predicted molar refractivity (Wildman–Crippen MR) is 32.9 cm³/mol. The molecule has 0 aromatic heterocycles. The molecule has 0 saturated heterocycles. The zero-order valence-corrected chi connectivity index (χ0v) is 9.89. The van der Waals surface area contributed by atoms with Gasteiger partial charge in [0.2, 0.25) is 0 Å². The first kappa shape index (κ1) is 13.4. The van der Waals surface area contributed by atoms with Crippen molar-refractivity contribution in [1.82, 2.24) is 0 Å². The Kier molecular flexibility index (Phi) is 9.65. The molecule has 0 bridgehead atoms. The molecule has 52 valence electrons. The van der Waals surface area contributed by atoms with E-state index in [0.717, 1.165) is 6.42 Å². The Bertz CT molecular complexity index is 105. The van der Waals surface area contributed by atoms with Gasteiger partial charge >= 0.3 is 59.0 Å². The molecule has 0 aliphatic heterocycles. The topological polar surface area (TPSA) is 57.5 Å². The molecule has 0 saturated carbocycles. The monoisotopic (exact) mass is 178 g/mol. The van der Waals surface area contributed by atoms with Crippen LogP contribution in [0, 0.1) is 0 Å². The maximum absolute atomic E-state index is 10.1. The maximum Gasteiger partial charge on any atom is 1.00 e. The van der Waals surface area contributed by atoms with Crippen LogP contribution >= 0.6 is 7.60 Å². The van der Waals surface area contributed by atoms with Crippen molar-refractivity contribution in [3.63, 3.8) is 0 Å². The minimum atomic E-state index is -3.68. The van der Waals surface area contributed by atoms with Gasteiger partial charge in [-0.15, -0.1) is 0 Å². The van der Waals surface area contributed by atoms with Crippen LogP contribution < -0.4 is 51.4 Å². The number of unbranched alkanes of at least 4 members (excludes halogenated alkanes) is 1. The average molecular weight is 178 g/mol. The van der Waals surface area contributed by atoms with E-state index in [1.165, 1.54) is 0 Å². The molecule has 5 heteroatoms. The quantitative estimate of drug-likeness (QED) is 0.391. The van der Waals surface area contributed by atoms with Crippen LogP contribution in [0.25, 0.3) is 0 Å². The maximum atomic E-state index is 10.1. The molecular formula is C4H12KO3P. The summed E-state index contributed by atoms with van der Waals surface area (Å²) in [5.41, 5.74) is 0.